The number of benzene rings is 1. The number of rotatable bonds is 4. The summed E-state index contributed by atoms with van der Waals surface area (Å²) in [6, 6.07) is 7.43. The van der Waals surface area contributed by atoms with Crippen LogP contribution in [0.25, 0.3) is 0 Å². The molecule has 0 aliphatic carbocycles. The van der Waals surface area contributed by atoms with Gasteiger partial charge in [-0.15, -0.1) is 0 Å². The lowest BCUT2D eigenvalue weighted by Crippen LogP contribution is -2.18. The summed E-state index contributed by atoms with van der Waals surface area (Å²) in [6.07, 6.45) is -0.494. The zero-order valence-electron chi connectivity index (χ0n) is 11.0. The first-order valence-electron chi connectivity index (χ1n) is 5.84. The third-order valence-electron chi connectivity index (χ3n) is 1.97. The van der Waals surface area contributed by atoms with E-state index in [0.29, 0.717) is 0 Å². The Labute approximate surface area is 107 Å². The predicted molar refractivity (Wildman–Crippen MR) is 66.4 cm³/mol. The molecule has 0 aromatic heterocycles. The summed E-state index contributed by atoms with van der Waals surface area (Å²) in [6.45, 7) is 6.98. The maximum Gasteiger partial charge on any atom is 0.339 e. The van der Waals surface area contributed by atoms with Crippen molar-refractivity contribution in [2.75, 3.05) is 0 Å². The quantitative estimate of drug-likeness (QED) is 0.770. The lowest BCUT2D eigenvalue weighted by atomic mass is 10.1. The molecule has 0 spiro atoms. The van der Waals surface area contributed by atoms with Crippen molar-refractivity contribution in [1.82, 2.24) is 0 Å². The van der Waals surface area contributed by atoms with E-state index in [1.807, 2.05) is 0 Å². The molecular weight excluding hydrogens is 232 g/mol. The smallest absolute Gasteiger partial charge is 0.339 e. The van der Waals surface area contributed by atoms with Crippen LogP contribution in [0.3, 0.4) is 0 Å². The van der Waals surface area contributed by atoms with E-state index in [1.54, 1.807) is 39.8 Å². The molecule has 1 aromatic rings. The molecule has 0 fully saturated rings. The third kappa shape index (κ3) is 3.87. The minimum atomic E-state index is -0.568. The summed E-state index contributed by atoms with van der Waals surface area (Å²) in [5.41, 5.74) is 0.286. The van der Waals surface area contributed by atoms with Crippen molar-refractivity contribution in [2.45, 2.75) is 39.9 Å². The third-order valence-corrected chi connectivity index (χ3v) is 1.97. The van der Waals surface area contributed by atoms with Crippen LogP contribution in [0.4, 0.5) is 0 Å². The minimum Gasteiger partial charge on any atom is -0.459 e. The molecule has 0 unspecified atom stereocenters. The zero-order valence-corrected chi connectivity index (χ0v) is 11.0. The first-order valence-corrected chi connectivity index (χ1v) is 5.84. The first kappa shape index (κ1) is 14.2. The molecule has 0 N–H and O–H groups in total. The first-order chi connectivity index (χ1) is 8.41. The maximum absolute atomic E-state index is 11.8. The number of ether oxygens (including phenoxy) is 2. The van der Waals surface area contributed by atoms with Gasteiger partial charge in [-0.2, -0.15) is 0 Å². The number of carbonyl (C=O) groups excluding carboxylic acids is 2. The van der Waals surface area contributed by atoms with Gasteiger partial charge in [-0.25, -0.2) is 9.59 Å². The molecule has 0 atom stereocenters. The second-order valence-electron chi connectivity index (χ2n) is 4.37. The van der Waals surface area contributed by atoms with E-state index in [9.17, 15) is 9.59 Å². The molecule has 0 bridgehead atoms. The molecule has 0 aliphatic heterocycles. The van der Waals surface area contributed by atoms with Crippen LogP contribution < -0.4 is 0 Å². The van der Waals surface area contributed by atoms with Crippen molar-refractivity contribution in [3.63, 3.8) is 0 Å². The molecule has 4 heteroatoms. The number of carbonyl (C=O) groups is 2. The van der Waals surface area contributed by atoms with Crippen molar-refractivity contribution >= 4 is 11.9 Å². The van der Waals surface area contributed by atoms with Gasteiger partial charge in [0.25, 0.3) is 0 Å². The SMILES string of the molecule is CC(C)OC(=O)c1[c]cccc1C(=O)OC(C)C. The van der Waals surface area contributed by atoms with Gasteiger partial charge in [0.05, 0.1) is 23.3 Å². The lowest BCUT2D eigenvalue weighted by molar-refractivity contribution is 0.0327. The molecule has 0 saturated carbocycles. The van der Waals surface area contributed by atoms with Crippen molar-refractivity contribution in [2.24, 2.45) is 0 Å². The van der Waals surface area contributed by atoms with Crippen molar-refractivity contribution < 1.29 is 19.1 Å². The zero-order chi connectivity index (χ0) is 13.7. The fourth-order valence-electron chi connectivity index (χ4n) is 1.33. The van der Waals surface area contributed by atoms with Crippen molar-refractivity contribution in [3.05, 3.63) is 35.4 Å². The molecule has 18 heavy (non-hydrogen) atoms. The second-order valence-corrected chi connectivity index (χ2v) is 4.37. The highest BCUT2D eigenvalue weighted by Gasteiger charge is 2.20. The van der Waals surface area contributed by atoms with Gasteiger partial charge in [0.15, 0.2) is 0 Å². The topological polar surface area (TPSA) is 52.6 Å². The Hall–Kier alpha value is -1.84. The fourth-order valence-corrected chi connectivity index (χ4v) is 1.33. The normalized spacial score (nSPS) is 10.6. The molecule has 1 radical (unpaired) electrons. The van der Waals surface area contributed by atoms with Gasteiger partial charge < -0.3 is 9.47 Å². The highest BCUT2D eigenvalue weighted by atomic mass is 16.5. The number of hydrogen-bond donors (Lipinski definition) is 0. The standard InChI is InChI=1S/C14H17O4/c1-9(2)17-13(15)11-7-5-6-8-12(11)14(16)18-10(3)4/h5-7,9-10H,1-4H3. The van der Waals surface area contributed by atoms with Gasteiger partial charge in [-0.05, 0) is 39.8 Å². The van der Waals surface area contributed by atoms with E-state index in [4.69, 9.17) is 9.47 Å². The summed E-state index contributed by atoms with van der Waals surface area (Å²) in [7, 11) is 0. The van der Waals surface area contributed by atoms with Gasteiger partial charge in [0.1, 0.15) is 0 Å². The Bertz CT molecular complexity index is 394. The summed E-state index contributed by atoms with van der Waals surface area (Å²) in [4.78, 5) is 23.6. The van der Waals surface area contributed by atoms with Gasteiger partial charge in [-0.1, -0.05) is 12.1 Å². The Balaban J connectivity index is 2.99. The van der Waals surface area contributed by atoms with Crippen LogP contribution in [0.15, 0.2) is 18.2 Å². The second kappa shape index (κ2) is 6.19. The molecule has 97 valence electrons. The van der Waals surface area contributed by atoms with Gasteiger partial charge in [0.2, 0.25) is 0 Å². The molecule has 1 rings (SSSR count). The molecule has 4 nitrogen and oxygen atoms in total. The van der Waals surface area contributed by atoms with Gasteiger partial charge in [0, 0.05) is 0 Å². The Kier molecular flexibility index (Phi) is 4.89. The maximum atomic E-state index is 11.8. The van der Waals surface area contributed by atoms with E-state index >= 15 is 0 Å². The molecule has 1 aromatic carbocycles. The highest BCUT2D eigenvalue weighted by Crippen LogP contribution is 2.13. The largest absolute Gasteiger partial charge is 0.459 e. The average molecular weight is 249 g/mol. The van der Waals surface area contributed by atoms with Crippen LogP contribution in [0, 0.1) is 6.07 Å². The molecule has 0 heterocycles. The fraction of sp³-hybridized carbons (Fsp3) is 0.429. The number of esters is 2. The van der Waals surface area contributed by atoms with Crippen LogP contribution in [0.5, 0.6) is 0 Å². The summed E-state index contributed by atoms with van der Waals surface area (Å²) in [5.74, 6) is -1.11. The van der Waals surface area contributed by atoms with Gasteiger partial charge >= 0.3 is 11.9 Å². The van der Waals surface area contributed by atoms with Crippen molar-refractivity contribution in [1.29, 1.82) is 0 Å². The number of hydrogen-bond acceptors (Lipinski definition) is 4. The average Bonchev–Trinajstić information content (AvgIpc) is 2.27. The summed E-state index contributed by atoms with van der Waals surface area (Å²) >= 11 is 0. The van der Waals surface area contributed by atoms with E-state index in [2.05, 4.69) is 6.07 Å². The van der Waals surface area contributed by atoms with E-state index in [1.165, 1.54) is 6.07 Å². The van der Waals surface area contributed by atoms with E-state index < -0.39 is 11.9 Å². The molecule has 0 amide bonds. The Morgan fingerprint density at radius 2 is 1.61 bits per heavy atom. The monoisotopic (exact) mass is 249 g/mol. The predicted octanol–water partition coefficient (Wildman–Crippen LogP) is 2.62. The molecule has 0 saturated heterocycles. The minimum absolute atomic E-state index is 0.108. The Morgan fingerprint density at radius 1 is 1.06 bits per heavy atom. The highest BCUT2D eigenvalue weighted by molar-refractivity contribution is 6.03. The summed E-state index contributed by atoms with van der Waals surface area (Å²) < 4.78 is 10.1. The lowest BCUT2D eigenvalue weighted by Gasteiger charge is -2.12. The van der Waals surface area contributed by atoms with Crippen LogP contribution in [0.1, 0.15) is 48.4 Å². The van der Waals surface area contributed by atoms with Crippen LogP contribution in [-0.2, 0) is 9.47 Å². The van der Waals surface area contributed by atoms with Crippen LogP contribution in [0.2, 0.25) is 0 Å². The van der Waals surface area contributed by atoms with E-state index in [0.717, 1.165) is 0 Å². The van der Waals surface area contributed by atoms with Crippen LogP contribution in [-0.4, -0.2) is 24.1 Å². The van der Waals surface area contributed by atoms with Crippen molar-refractivity contribution in [3.8, 4) is 0 Å². The summed E-state index contributed by atoms with van der Waals surface area (Å²) in [5, 5.41) is 0. The molecule has 0 aliphatic rings. The van der Waals surface area contributed by atoms with Gasteiger partial charge in [-0.3, -0.25) is 0 Å². The Morgan fingerprint density at radius 3 is 2.17 bits per heavy atom. The van der Waals surface area contributed by atoms with E-state index in [-0.39, 0.29) is 23.3 Å². The van der Waals surface area contributed by atoms with Crippen LogP contribution >= 0.6 is 0 Å². The molecular formula is C14H17O4.